The summed E-state index contributed by atoms with van der Waals surface area (Å²) in [4.78, 5) is 11.6. The molecule has 0 heterocycles. The zero-order valence-corrected chi connectivity index (χ0v) is 12.7. The summed E-state index contributed by atoms with van der Waals surface area (Å²) in [6, 6.07) is 4.22. The van der Waals surface area contributed by atoms with Gasteiger partial charge in [-0.25, -0.2) is 8.42 Å². The van der Waals surface area contributed by atoms with Gasteiger partial charge in [-0.05, 0) is 18.1 Å². The molecular weight excluding hydrogens is 280 g/mol. The molecule has 6 nitrogen and oxygen atoms in total. The predicted molar refractivity (Wildman–Crippen MR) is 77.3 cm³/mol. The molecule has 1 aromatic carbocycles. The van der Waals surface area contributed by atoms with E-state index in [1.54, 1.807) is 0 Å². The van der Waals surface area contributed by atoms with Crippen LogP contribution in [0.3, 0.4) is 0 Å². The number of hydrogen-bond acceptors (Lipinski definition) is 5. The van der Waals surface area contributed by atoms with E-state index in [0.29, 0.717) is 12.2 Å². The number of rotatable bonds is 6. The van der Waals surface area contributed by atoms with Crippen molar-refractivity contribution in [1.82, 2.24) is 5.32 Å². The number of methoxy groups -OCH3 is 1. The first kappa shape index (κ1) is 16.3. The molecule has 20 heavy (non-hydrogen) atoms. The second kappa shape index (κ2) is 6.60. The van der Waals surface area contributed by atoms with Crippen LogP contribution in [-0.4, -0.2) is 33.7 Å². The molecule has 0 atom stereocenters. The first-order chi connectivity index (χ1) is 9.26. The van der Waals surface area contributed by atoms with Crippen LogP contribution in [0.15, 0.2) is 23.1 Å². The number of carbonyl (C=O) groups is 1. The third kappa shape index (κ3) is 4.41. The summed E-state index contributed by atoms with van der Waals surface area (Å²) in [6.07, 6.45) is 0. The third-order valence-electron chi connectivity index (χ3n) is 2.55. The van der Waals surface area contributed by atoms with Crippen molar-refractivity contribution in [3.63, 3.8) is 0 Å². The van der Waals surface area contributed by atoms with Gasteiger partial charge in [-0.3, -0.25) is 4.79 Å². The Labute approximate surface area is 119 Å². The predicted octanol–water partition coefficient (Wildman–Crippen LogP) is 0.823. The largest absolute Gasteiger partial charge is 0.495 e. The maximum Gasteiger partial charge on any atom is 0.235 e. The monoisotopic (exact) mass is 300 g/mol. The molecule has 0 spiro atoms. The Morgan fingerprint density at radius 3 is 2.60 bits per heavy atom. The van der Waals surface area contributed by atoms with Crippen LogP contribution in [0.25, 0.3) is 0 Å². The third-order valence-corrected chi connectivity index (χ3v) is 4.20. The van der Waals surface area contributed by atoms with Gasteiger partial charge in [-0.2, -0.15) is 0 Å². The minimum atomic E-state index is -3.76. The van der Waals surface area contributed by atoms with E-state index < -0.39 is 21.5 Å². The molecule has 0 saturated carbocycles. The summed E-state index contributed by atoms with van der Waals surface area (Å²) >= 11 is 0. The van der Waals surface area contributed by atoms with Gasteiger partial charge in [0, 0.05) is 18.3 Å². The van der Waals surface area contributed by atoms with Crippen LogP contribution in [0.1, 0.15) is 13.8 Å². The van der Waals surface area contributed by atoms with Crippen molar-refractivity contribution in [2.45, 2.75) is 18.7 Å². The van der Waals surface area contributed by atoms with E-state index in [0.717, 1.165) is 0 Å². The molecule has 1 aromatic rings. The highest BCUT2D eigenvalue weighted by Gasteiger charge is 2.23. The van der Waals surface area contributed by atoms with Gasteiger partial charge >= 0.3 is 0 Å². The molecule has 0 saturated heterocycles. The van der Waals surface area contributed by atoms with E-state index in [4.69, 9.17) is 10.5 Å². The highest BCUT2D eigenvalue weighted by molar-refractivity contribution is 7.92. The topological polar surface area (TPSA) is 98.5 Å². The molecule has 112 valence electrons. The second-order valence-electron chi connectivity index (χ2n) is 4.87. The Morgan fingerprint density at radius 1 is 1.40 bits per heavy atom. The molecule has 0 aliphatic heterocycles. The summed E-state index contributed by atoms with van der Waals surface area (Å²) in [5.74, 6) is -0.744. The van der Waals surface area contributed by atoms with Gasteiger partial charge in [0.15, 0.2) is 9.84 Å². The number of hydrogen-bond donors (Lipinski definition) is 2. The van der Waals surface area contributed by atoms with E-state index in [9.17, 15) is 13.2 Å². The molecule has 1 amide bonds. The molecule has 3 N–H and O–H groups in total. The summed E-state index contributed by atoms with van der Waals surface area (Å²) in [5, 5.41) is 2.57. The highest BCUT2D eigenvalue weighted by Crippen LogP contribution is 2.26. The second-order valence-corrected chi connectivity index (χ2v) is 6.83. The fourth-order valence-electron chi connectivity index (χ4n) is 1.56. The van der Waals surface area contributed by atoms with Crippen LogP contribution in [0.5, 0.6) is 5.75 Å². The van der Waals surface area contributed by atoms with Gasteiger partial charge in [0.05, 0.1) is 7.11 Å². The minimum absolute atomic E-state index is 0.0334. The van der Waals surface area contributed by atoms with Gasteiger partial charge in [0.25, 0.3) is 0 Å². The maximum atomic E-state index is 12.2. The Bertz CT molecular complexity index is 582. The lowest BCUT2D eigenvalue weighted by Gasteiger charge is -2.11. The highest BCUT2D eigenvalue weighted by atomic mass is 32.2. The quantitative estimate of drug-likeness (QED) is 0.758. The van der Waals surface area contributed by atoms with Gasteiger partial charge in [0.2, 0.25) is 5.91 Å². The van der Waals surface area contributed by atoms with Crippen molar-refractivity contribution in [2.75, 3.05) is 25.1 Å². The van der Waals surface area contributed by atoms with Crippen molar-refractivity contribution in [2.24, 2.45) is 5.92 Å². The molecule has 0 aromatic heterocycles. The van der Waals surface area contributed by atoms with Crippen LogP contribution < -0.4 is 15.8 Å². The van der Waals surface area contributed by atoms with Crippen LogP contribution in [0.4, 0.5) is 5.69 Å². The fraction of sp³-hybridized carbons (Fsp3) is 0.462. The van der Waals surface area contributed by atoms with Crippen LogP contribution in [-0.2, 0) is 14.6 Å². The normalized spacial score (nSPS) is 11.4. The Balaban J connectivity index is 2.91. The molecular formula is C13H20N2O4S. The van der Waals surface area contributed by atoms with Crippen molar-refractivity contribution in [1.29, 1.82) is 0 Å². The smallest absolute Gasteiger partial charge is 0.235 e. The Kier molecular flexibility index (Phi) is 5.38. The van der Waals surface area contributed by atoms with Crippen molar-refractivity contribution >= 4 is 21.4 Å². The number of nitrogens with one attached hydrogen (secondary N) is 1. The number of sulfone groups is 1. The zero-order chi connectivity index (χ0) is 15.3. The van der Waals surface area contributed by atoms with E-state index in [-0.39, 0.29) is 16.6 Å². The number of nitrogens with two attached hydrogens (primary N) is 1. The summed E-state index contributed by atoms with van der Waals surface area (Å²) in [6.45, 7) is 4.29. The number of amides is 1. The first-order valence-electron chi connectivity index (χ1n) is 6.19. The lowest BCUT2D eigenvalue weighted by Crippen LogP contribution is -2.33. The average molecular weight is 300 g/mol. The van der Waals surface area contributed by atoms with Gasteiger partial charge in [-0.15, -0.1) is 0 Å². The maximum absolute atomic E-state index is 12.2. The first-order valence-corrected chi connectivity index (χ1v) is 7.84. The van der Waals surface area contributed by atoms with Crippen molar-refractivity contribution in [3.8, 4) is 5.75 Å². The van der Waals surface area contributed by atoms with Crippen LogP contribution >= 0.6 is 0 Å². The molecule has 0 unspecified atom stereocenters. The lowest BCUT2D eigenvalue weighted by atomic mass is 10.2. The molecule has 0 aliphatic rings. The van der Waals surface area contributed by atoms with Gasteiger partial charge < -0.3 is 15.8 Å². The SMILES string of the molecule is COc1cc(N)ccc1S(=O)(=O)CC(=O)NCC(C)C. The number of benzene rings is 1. The van der Waals surface area contributed by atoms with Gasteiger partial charge in [-0.1, -0.05) is 13.8 Å². The van der Waals surface area contributed by atoms with E-state index in [1.807, 2.05) is 13.8 Å². The van der Waals surface area contributed by atoms with E-state index in [1.165, 1.54) is 25.3 Å². The summed E-state index contributed by atoms with van der Waals surface area (Å²) in [5.41, 5.74) is 5.97. The molecule has 0 radical (unpaired) electrons. The van der Waals surface area contributed by atoms with E-state index in [2.05, 4.69) is 5.32 Å². The molecule has 1 rings (SSSR count). The average Bonchev–Trinajstić information content (AvgIpc) is 2.35. The standard InChI is InChI=1S/C13H20N2O4S/c1-9(2)7-15-13(16)8-20(17,18)12-5-4-10(14)6-11(12)19-3/h4-6,9H,7-8,14H2,1-3H3,(H,15,16). The number of nitrogen functional groups attached to an aromatic ring is 1. The summed E-state index contributed by atoms with van der Waals surface area (Å²) in [7, 11) is -2.41. The van der Waals surface area contributed by atoms with Crippen molar-refractivity contribution < 1.29 is 17.9 Å². The Morgan fingerprint density at radius 2 is 2.05 bits per heavy atom. The zero-order valence-electron chi connectivity index (χ0n) is 11.8. The van der Waals surface area contributed by atoms with Crippen LogP contribution in [0, 0.1) is 5.92 Å². The Hall–Kier alpha value is -1.76. The van der Waals surface area contributed by atoms with Gasteiger partial charge in [0.1, 0.15) is 16.4 Å². The van der Waals surface area contributed by atoms with E-state index >= 15 is 0 Å². The molecule has 0 fully saturated rings. The van der Waals surface area contributed by atoms with Crippen LogP contribution in [0.2, 0.25) is 0 Å². The number of ether oxygens (including phenoxy) is 1. The number of carbonyl (C=O) groups excluding carboxylic acids is 1. The summed E-state index contributed by atoms with van der Waals surface area (Å²) < 4.78 is 29.4. The minimum Gasteiger partial charge on any atom is -0.495 e. The van der Waals surface area contributed by atoms with Crippen molar-refractivity contribution in [3.05, 3.63) is 18.2 Å². The molecule has 7 heteroatoms. The molecule has 0 aliphatic carbocycles. The number of anilines is 1. The fourth-order valence-corrected chi connectivity index (χ4v) is 2.89. The molecule has 0 bridgehead atoms. The lowest BCUT2D eigenvalue weighted by molar-refractivity contribution is -0.118.